The molecule has 96 valence electrons. The van der Waals surface area contributed by atoms with Crippen LogP contribution in [0.2, 0.25) is 0 Å². The molecular weight excluding hydrogens is 232 g/mol. The van der Waals surface area contributed by atoms with Crippen molar-refractivity contribution in [1.82, 2.24) is 9.78 Å². The molecule has 0 saturated heterocycles. The van der Waals surface area contributed by atoms with Gasteiger partial charge >= 0.3 is 0 Å². The standard InChI is InChI=1S/C17H18N2/c1-17(2,3)19-15-12-8-7-11-14(15)16(18-19)13-9-5-4-6-10-13/h4-12H,1-3H3. The maximum atomic E-state index is 4.85. The van der Waals surface area contributed by atoms with Gasteiger partial charge in [0.1, 0.15) is 5.69 Å². The van der Waals surface area contributed by atoms with Crippen LogP contribution in [0.3, 0.4) is 0 Å². The molecule has 2 heteroatoms. The van der Waals surface area contributed by atoms with Crippen molar-refractivity contribution in [3.8, 4) is 11.3 Å². The number of fused-ring (bicyclic) bond motifs is 1. The molecule has 3 rings (SSSR count). The SMILES string of the molecule is CC(C)(C)n1nc(-c2ccccc2)c2ccccc21. The summed E-state index contributed by atoms with van der Waals surface area (Å²) in [6.45, 7) is 6.55. The van der Waals surface area contributed by atoms with Crippen molar-refractivity contribution in [2.75, 3.05) is 0 Å². The Hall–Kier alpha value is -2.09. The first-order chi connectivity index (χ1) is 9.07. The summed E-state index contributed by atoms with van der Waals surface area (Å²) in [5.74, 6) is 0. The van der Waals surface area contributed by atoms with Crippen molar-refractivity contribution >= 4 is 10.9 Å². The number of para-hydroxylation sites is 1. The lowest BCUT2D eigenvalue weighted by atomic mass is 10.1. The van der Waals surface area contributed by atoms with E-state index in [9.17, 15) is 0 Å². The average molecular weight is 250 g/mol. The molecule has 0 unspecified atom stereocenters. The van der Waals surface area contributed by atoms with Gasteiger partial charge in [-0.25, -0.2) is 0 Å². The summed E-state index contributed by atoms with van der Waals surface area (Å²) in [5.41, 5.74) is 3.40. The van der Waals surface area contributed by atoms with Gasteiger partial charge in [-0.15, -0.1) is 0 Å². The number of rotatable bonds is 1. The maximum Gasteiger partial charge on any atom is 0.100 e. The molecule has 2 aromatic carbocycles. The molecule has 0 amide bonds. The van der Waals surface area contributed by atoms with Gasteiger partial charge in [-0.3, -0.25) is 4.68 Å². The van der Waals surface area contributed by atoms with Gasteiger partial charge in [0.25, 0.3) is 0 Å². The first-order valence-corrected chi connectivity index (χ1v) is 6.61. The first kappa shape index (κ1) is 12.0. The lowest BCUT2D eigenvalue weighted by Gasteiger charge is -2.20. The summed E-state index contributed by atoms with van der Waals surface area (Å²) >= 11 is 0. The Morgan fingerprint density at radius 3 is 2.16 bits per heavy atom. The van der Waals surface area contributed by atoms with Crippen LogP contribution >= 0.6 is 0 Å². The quantitative estimate of drug-likeness (QED) is 0.623. The van der Waals surface area contributed by atoms with E-state index in [2.05, 4.69) is 74.0 Å². The molecule has 0 radical (unpaired) electrons. The van der Waals surface area contributed by atoms with Gasteiger partial charge < -0.3 is 0 Å². The highest BCUT2D eigenvalue weighted by Crippen LogP contribution is 2.30. The van der Waals surface area contributed by atoms with E-state index in [0.29, 0.717) is 0 Å². The zero-order valence-corrected chi connectivity index (χ0v) is 11.6. The van der Waals surface area contributed by atoms with Crippen molar-refractivity contribution in [3.05, 3.63) is 54.6 Å². The van der Waals surface area contributed by atoms with Crippen LogP contribution in [0.5, 0.6) is 0 Å². The molecule has 2 nitrogen and oxygen atoms in total. The Morgan fingerprint density at radius 1 is 0.842 bits per heavy atom. The van der Waals surface area contributed by atoms with Gasteiger partial charge in [0, 0.05) is 10.9 Å². The van der Waals surface area contributed by atoms with Gasteiger partial charge in [-0.05, 0) is 26.8 Å². The molecule has 0 bridgehead atoms. The van der Waals surface area contributed by atoms with Crippen molar-refractivity contribution in [2.24, 2.45) is 0 Å². The third-order valence-corrected chi connectivity index (χ3v) is 3.27. The van der Waals surface area contributed by atoms with Crippen LogP contribution in [0.4, 0.5) is 0 Å². The van der Waals surface area contributed by atoms with E-state index in [0.717, 1.165) is 5.69 Å². The molecule has 0 N–H and O–H groups in total. The zero-order valence-electron chi connectivity index (χ0n) is 11.6. The highest BCUT2D eigenvalue weighted by atomic mass is 15.3. The third-order valence-electron chi connectivity index (χ3n) is 3.27. The zero-order chi connectivity index (χ0) is 13.5. The fraction of sp³-hybridized carbons (Fsp3) is 0.235. The van der Waals surface area contributed by atoms with Crippen LogP contribution in [0.15, 0.2) is 54.6 Å². The molecule has 0 spiro atoms. The minimum Gasteiger partial charge on any atom is -0.259 e. The molecule has 1 heterocycles. The third kappa shape index (κ3) is 2.03. The van der Waals surface area contributed by atoms with Gasteiger partial charge in [-0.2, -0.15) is 5.10 Å². The van der Waals surface area contributed by atoms with Crippen LogP contribution < -0.4 is 0 Å². The normalized spacial score (nSPS) is 11.9. The van der Waals surface area contributed by atoms with E-state index in [1.165, 1.54) is 16.5 Å². The van der Waals surface area contributed by atoms with E-state index in [1.54, 1.807) is 0 Å². The minimum absolute atomic E-state index is 0.0212. The molecule has 0 fully saturated rings. The van der Waals surface area contributed by atoms with Gasteiger partial charge in [0.15, 0.2) is 0 Å². The van der Waals surface area contributed by atoms with E-state index in [-0.39, 0.29) is 5.54 Å². The second kappa shape index (κ2) is 4.23. The second-order valence-corrected chi connectivity index (χ2v) is 5.81. The predicted molar refractivity (Wildman–Crippen MR) is 80.2 cm³/mol. The maximum absolute atomic E-state index is 4.85. The Balaban J connectivity index is 2.33. The predicted octanol–water partition coefficient (Wildman–Crippen LogP) is 4.46. The van der Waals surface area contributed by atoms with Gasteiger partial charge in [-0.1, -0.05) is 48.5 Å². The lowest BCUT2D eigenvalue weighted by Crippen LogP contribution is -2.22. The Labute approximate surface area is 113 Å². The fourth-order valence-corrected chi connectivity index (χ4v) is 2.39. The van der Waals surface area contributed by atoms with Crippen molar-refractivity contribution in [3.63, 3.8) is 0 Å². The monoisotopic (exact) mass is 250 g/mol. The summed E-state index contributed by atoms with van der Waals surface area (Å²) in [5, 5.41) is 6.06. The molecule has 0 saturated carbocycles. The molecule has 1 aromatic heterocycles. The summed E-state index contributed by atoms with van der Waals surface area (Å²) in [6.07, 6.45) is 0. The van der Waals surface area contributed by atoms with Crippen LogP contribution in [0, 0.1) is 0 Å². The van der Waals surface area contributed by atoms with E-state index in [1.807, 2.05) is 6.07 Å². The topological polar surface area (TPSA) is 17.8 Å². The van der Waals surface area contributed by atoms with Crippen LogP contribution in [0.1, 0.15) is 20.8 Å². The van der Waals surface area contributed by atoms with Crippen molar-refractivity contribution in [1.29, 1.82) is 0 Å². The van der Waals surface area contributed by atoms with E-state index in [4.69, 9.17) is 5.10 Å². The van der Waals surface area contributed by atoms with Crippen LogP contribution in [0.25, 0.3) is 22.2 Å². The van der Waals surface area contributed by atoms with Crippen LogP contribution in [-0.4, -0.2) is 9.78 Å². The average Bonchev–Trinajstić information content (AvgIpc) is 2.79. The number of aromatic nitrogens is 2. The molecule has 3 aromatic rings. The van der Waals surface area contributed by atoms with Gasteiger partial charge in [0.2, 0.25) is 0 Å². The minimum atomic E-state index is -0.0212. The summed E-state index contributed by atoms with van der Waals surface area (Å²) in [6, 6.07) is 18.8. The lowest BCUT2D eigenvalue weighted by molar-refractivity contribution is 0.369. The molecular formula is C17H18N2. The van der Waals surface area contributed by atoms with E-state index < -0.39 is 0 Å². The fourth-order valence-electron chi connectivity index (χ4n) is 2.39. The largest absolute Gasteiger partial charge is 0.259 e. The van der Waals surface area contributed by atoms with Gasteiger partial charge in [0.05, 0.1) is 11.1 Å². The number of hydrogen-bond donors (Lipinski definition) is 0. The van der Waals surface area contributed by atoms with Crippen LogP contribution in [-0.2, 0) is 5.54 Å². The second-order valence-electron chi connectivity index (χ2n) is 5.81. The first-order valence-electron chi connectivity index (χ1n) is 6.61. The Kier molecular flexibility index (Phi) is 2.67. The van der Waals surface area contributed by atoms with Crippen molar-refractivity contribution < 1.29 is 0 Å². The number of nitrogens with zero attached hydrogens (tertiary/aromatic N) is 2. The molecule has 0 atom stereocenters. The number of benzene rings is 2. The Morgan fingerprint density at radius 2 is 1.47 bits per heavy atom. The van der Waals surface area contributed by atoms with E-state index >= 15 is 0 Å². The summed E-state index contributed by atoms with van der Waals surface area (Å²) in [4.78, 5) is 0. The molecule has 0 aliphatic rings. The smallest absolute Gasteiger partial charge is 0.100 e. The highest BCUT2D eigenvalue weighted by Gasteiger charge is 2.20. The highest BCUT2D eigenvalue weighted by molar-refractivity contribution is 5.93. The Bertz CT molecular complexity index is 703. The van der Waals surface area contributed by atoms with Crippen molar-refractivity contribution in [2.45, 2.75) is 26.3 Å². The molecule has 0 aliphatic carbocycles. The number of hydrogen-bond acceptors (Lipinski definition) is 1. The summed E-state index contributed by atoms with van der Waals surface area (Å²) < 4.78 is 2.12. The molecule has 0 aliphatic heterocycles. The summed E-state index contributed by atoms with van der Waals surface area (Å²) in [7, 11) is 0. The molecule has 19 heavy (non-hydrogen) atoms.